The van der Waals surface area contributed by atoms with E-state index in [0.29, 0.717) is 19.8 Å². The first-order chi connectivity index (χ1) is 7.59. The van der Waals surface area contributed by atoms with E-state index >= 15 is 0 Å². The lowest BCUT2D eigenvalue weighted by Gasteiger charge is -2.22. The zero-order valence-electron chi connectivity index (χ0n) is 9.57. The molecule has 5 nitrogen and oxygen atoms in total. The lowest BCUT2D eigenvalue weighted by molar-refractivity contribution is -0.138. The molecule has 5 heteroatoms. The van der Waals surface area contributed by atoms with Gasteiger partial charge in [0.05, 0.1) is 0 Å². The van der Waals surface area contributed by atoms with Crippen LogP contribution in [-0.4, -0.2) is 36.7 Å². The molecule has 16 heavy (non-hydrogen) atoms. The first-order valence-electron chi connectivity index (χ1n) is 5.67. The SMILES string of the molecule is CC(CNC(=O)C1CCOCC1)CC(=O)O. The van der Waals surface area contributed by atoms with Crippen LogP contribution in [0.4, 0.5) is 0 Å². The number of aliphatic carboxylic acids is 1. The highest BCUT2D eigenvalue weighted by molar-refractivity contribution is 5.78. The Balaban J connectivity index is 2.20. The zero-order chi connectivity index (χ0) is 12.0. The molecule has 1 unspecified atom stereocenters. The fourth-order valence-electron chi connectivity index (χ4n) is 1.75. The van der Waals surface area contributed by atoms with Crippen molar-refractivity contribution in [2.24, 2.45) is 11.8 Å². The monoisotopic (exact) mass is 229 g/mol. The number of rotatable bonds is 5. The number of carbonyl (C=O) groups excluding carboxylic acids is 1. The Morgan fingerprint density at radius 1 is 1.44 bits per heavy atom. The molecule has 0 aliphatic carbocycles. The third kappa shape index (κ3) is 4.61. The summed E-state index contributed by atoms with van der Waals surface area (Å²) < 4.78 is 5.17. The summed E-state index contributed by atoms with van der Waals surface area (Å²) >= 11 is 0. The van der Waals surface area contributed by atoms with E-state index in [9.17, 15) is 9.59 Å². The van der Waals surface area contributed by atoms with Crippen LogP contribution in [0.5, 0.6) is 0 Å². The minimum Gasteiger partial charge on any atom is -0.481 e. The molecule has 0 aromatic heterocycles. The van der Waals surface area contributed by atoms with Gasteiger partial charge in [0.15, 0.2) is 0 Å². The maximum atomic E-state index is 11.7. The average Bonchev–Trinajstić information content (AvgIpc) is 2.26. The third-order valence-corrected chi connectivity index (χ3v) is 2.74. The van der Waals surface area contributed by atoms with Crippen molar-refractivity contribution in [3.8, 4) is 0 Å². The smallest absolute Gasteiger partial charge is 0.303 e. The summed E-state index contributed by atoms with van der Waals surface area (Å²) in [5, 5.41) is 11.4. The van der Waals surface area contributed by atoms with Gasteiger partial charge in [0.25, 0.3) is 0 Å². The molecule has 1 fully saturated rings. The van der Waals surface area contributed by atoms with Crippen molar-refractivity contribution < 1.29 is 19.4 Å². The van der Waals surface area contributed by atoms with Crippen LogP contribution in [0.25, 0.3) is 0 Å². The molecule has 0 spiro atoms. The van der Waals surface area contributed by atoms with Crippen molar-refractivity contribution in [3.63, 3.8) is 0 Å². The Morgan fingerprint density at radius 3 is 2.62 bits per heavy atom. The van der Waals surface area contributed by atoms with E-state index in [1.165, 1.54) is 0 Å². The van der Waals surface area contributed by atoms with Gasteiger partial charge in [-0.1, -0.05) is 6.92 Å². The standard InChI is InChI=1S/C11H19NO4/c1-8(6-10(13)14)7-12-11(15)9-2-4-16-5-3-9/h8-9H,2-7H2,1H3,(H,12,15)(H,13,14). The third-order valence-electron chi connectivity index (χ3n) is 2.74. The Labute approximate surface area is 95.2 Å². The molecule has 0 aromatic carbocycles. The molecule has 1 atom stereocenters. The normalized spacial score (nSPS) is 19.1. The molecule has 1 amide bonds. The van der Waals surface area contributed by atoms with Crippen LogP contribution < -0.4 is 5.32 Å². The predicted octanol–water partition coefficient (Wildman–Crippen LogP) is 0.640. The molecule has 1 heterocycles. The molecular formula is C11H19NO4. The van der Waals surface area contributed by atoms with Gasteiger partial charge in [0.2, 0.25) is 5.91 Å². The van der Waals surface area contributed by atoms with Crippen LogP contribution in [0, 0.1) is 11.8 Å². The van der Waals surface area contributed by atoms with Crippen LogP contribution in [0.3, 0.4) is 0 Å². The number of carboxylic acids is 1. The fourth-order valence-corrected chi connectivity index (χ4v) is 1.75. The maximum Gasteiger partial charge on any atom is 0.303 e. The number of carbonyl (C=O) groups is 2. The molecule has 0 bridgehead atoms. The molecule has 0 radical (unpaired) electrons. The van der Waals surface area contributed by atoms with Gasteiger partial charge < -0.3 is 15.2 Å². The van der Waals surface area contributed by atoms with Gasteiger partial charge in [-0.2, -0.15) is 0 Å². The molecule has 1 saturated heterocycles. The van der Waals surface area contributed by atoms with E-state index in [4.69, 9.17) is 9.84 Å². The van der Waals surface area contributed by atoms with E-state index in [0.717, 1.165) is 12.8 Å². The van der Waals surface area contributed by atoms with Crippen molar-refractivity contribution in [1.82, 2.24) is 5.32 Å². The number of nitrogens with one attached hydrogen (secondary N) is 1. The van der Waals surface area contributed by atoms with Gasteiger partial charge in [-0.05, 0) is 18.8 Å². The van der Waals surface area contributed by atoms with Gasteiger partial charge in [-0.25, -0.2) is 0 Å². The van der Waals surface area contributed by atoms with E-state index in [1.807, 2.05) is 6.92 Å². The topological polar surface area (TPSA) is 75.6 Å². The summed E-state index contributed by atoms with van der Waals surface area (Å²) in [6.07, 6.45) is 1.62. The lowest BCUT2D eigenvalue weighted by atomic mass is 9.99. The summed E-state index contributed by atoms with van der Waals surface area (Å²) in [5.41, 5.74) is 0. The van der Waals surface area contributed by atoms with Gasteiger partial charge in [-0.15, -0.1) is 0 Å². The van der Waals surface area contributed by atoms with Crippen LogP contribution in [0.15, 0.2) is 0 Å². The first-order valence-corrected chi connectivity index (χ1v) is 5.67. The van der Waals surface area contributed by atoms with Gasteiger partial charge in [-0.3, -0.25) is 9.59 Å². The minimum atomic E-state index is -0.826. The molecule has 1 rings (SSSR count). The van der Waals surface area contributed by atoms with Crippen molar-refractivity contribution in [2.75, 3.05) is 19.8 Å². The van der Waals surface area contributed by atoms with Crippen LogP contribution in [0.1, 0.15) is 26.2 Å². The average molecular weight is 229 g/mol. The van der Waals surface area contributed by atoms with Crippen molar-refractivity contribution >= 4 is 11.9 Å². The Kier molecular flexibility index (Phi) is 5.25. The second kappa shape index (κ2) is 6.48. The van der Waals surface area contributed by atoms with E-state index in [2.05, 4.69) is 5.32 Å². The first kappa shape index (κ1) is 13.0. The van der Waals surface area contributed by atoms with E-state index in [-0.39, 0.29) is 24.2 Å². The Morgan fingerprint density at radius 2 is 2.06 bits per heavy atom. The summed E-state index contributed by atoms with van der Waals surface area (Å²) in [4.78, 5) is 22.1. The number of ether oxygens (including phenoxy) is 1. The van der Waals surface area contributed by atoms with Gasteiger partial charge >= 0.3 is 5.97 Å². The predicted molar refractivity (Wildman–Crippen MR) is 58.0 cm³/mol. The summed E-state index contributed by atoms with van der Waals surface area (Å²) in [7, 11) is 0. The second-order valence-electron chi connectivity index (χ2n) is 4.33. The molecule has 0 aromatic rings. The van der Waals surface area contributed by atoms with Crippen LogP contribution in [0.2, 0.25) is 0 Å². The maximum absolute atomic E-state index is 11.7. The fraction of sp³-hybridized carbons (Fsp3) is 0.818. The lowest BCUT2D eigenvalue weighted by Crippen LogP contribution is -2.36. The number of carboxylic acid groups (broad SMARTS) is 1. The van der Waals surface area contributed by atoms with E-state index in [1.54, 1.807) is 0 Å². The highest BCUT2D eigenvalue weighted by Crippen LogP contribution is 2.14. The van der Waals surface area contributed by atoms with Crippen LogP contribution >= 0.6 is 0 Å². The van der Waals surface area contributed by atoms with Crippen LogP contribution in [-0.2, 0) is 14.3 Å². The van der Waals surface area contributed by atoms with E-state index < -0.39 is 5.97 Å². The largest absolute Gasteiger partial charge is 0.481 e. The quantitative estimate of drug-likeness (QED) is 0.725. The highest BCUT2D eigenvalue weighted by atomic mass is 16.5. The van der Waals surface area contributed by atoms with Crippen molar-refractivity contribution in [3.05, 3.63) is 0 Å². The molecular weight excluding hydrogens is 210 g/mol. The molecule has 1 aliphatic rings. The number of hydrogen-bond donors (Lipinski definition) is 2. The van der Waals surface area contributed by atoms with Crippen molar-refractivity contribution in [1.29, 1.82) is 0 Å². The summed E-state index contributed by atoms with van der Waals surface area (Å²) in [6.45, 7) is 3.53. The highest BCUT2D eigenvalue weighted by Gasteiger charge is 2.21. The molecule has 0 saturated carbocycles. The van der Waals surface area contributed by atoms with Crippen molar-refractivity contribution in [2.45, 2.75) is 26.2 Å². The number of hydrogen-bond acceptors (Lipinski definition) is 3. The van der Waals surface area contributed by atoms with Gasteiger partial charge in [0, 0.05) is 32.1 Å². The molecule has 92 valence electrons. The minimum absolute atomic E-state index is 0.0266. The summed E-state index contributed by atoms with van der Waals surface area (Å²) in [5.74, 6) is -0.791. The Bertz CT molecular complexity index is 248. The second-order valence-corrected chi connectivity index (χ2v) is 4.33. The zero-order valence-corrected chi connectivity index (χ0v) is 9.57. The molecule has 1 aliphatic heterocycles. The number of amides is 1. The Hall–Kier alpha value is -1.10. The van der Waals surface area contributed by atoms with Gasteiger partial charge in [0.1, 0.15) is 0 Å². The summed E-state index contributed by atoms with van der Waals surface area (Å²) in [6, 6.07) is 0. The molecule has 2 N–H and O–H groups in total.